The van der Waals surface area contributed by atoms with Gasteiger partial charge in [-0.25, -0.2) is 0 Å². The molecule has 0 saturated heterocycles. The molecule has 2 rings (SSSR count). The molecule has 0 amide bonds. The van der Waals surface area contributed by atoms with E-state index >= 15 is 0 Å². The summed E-state index contributed by atoms with van der Waals surface area (Å²) in [5.74, 6) is 1.97. The third kappa shape index (κ3) is 2.21. The molecule has 86 valence electrons. The largest absolute Gasteiger partial charge is 0.362 e. The predicted molar refractivity (Wildman–Crippen MR) is 58.9 cm³/mol. The number of aromatic nitrogens is 4. The van der Waals surface area contributed by atoms with Crippen molar-refractivity contribution in [2.24, 2.45) is 7.05 Å². The monoisotopic (exact) mass is 221 g/mol. The Hall–Kier alpha value is -1.85. The minimum atomic E-state index is 0.349. The van der Waals surface area contributed by atoms with Crippen LogP contribution in [0.15, 0.2) is 16.8 Å². The molecular formula is C10H15N5O. The van der Waals surface area contributed by atoms with Gasteiger partial charge in [0.15, 0.2) is 5.82 Å². The number of nitrogens with one attached hydrogen (secondary N) is 1. The molecule has 6 nitrogen and oxygen atoms in total. The molecule has 0 saturated carbocycles. The lowest BCUT2D eigenvalue weighted by Crippen LogP contribution is -2.05. The second-order valence-corrected chi connectivity index (χ2v) is 3.97. The summed E-state index contributed by atoms with van der Waals surface area (Å²) < 4.78 is 6.89. The Morgan fingerprint density at radius 3 is 2.88 bits per heavy atom. The zero-order valence-corrected chi connectivity index (χ0v) is 9.64. The van der Waals surface area contributed by atoms with Crippen molar-refractivity contribution in [2.45, 2.75) is 26.3 Å². The van der Waals surface area contributed by atoms with Gasteiger partial charge in [0.25, 0.3) is 0 Å². The first-order valence-electron chi connectivity index (χ1n) is 5.21. The summed E-state index contributed by atoms with van der Waals surface area (Å²) >= 11 is 0. The van der Waals surface area contributed by atoms with Crippen molar-refractivity contribution in [3.8, 4) is 0 Å². The highest BCUT2D eigenvalue weighted by Gasteiger charge is 2.08. The van der Waals surface area contributed by atoms with Gasteiger partial charge in [0.05, 0.1) is 18.4 Å². The third-order valence-corrected chi connectivity index (χ3v) is 2.36. The van der Waals surface area contributed by atoms with Crippen LogP contribution in [0, 0.1) is 0 Å². The van der Waals surface area contributed by atoms with E-state index in [1.165, 1.54) is 0 Å². The normalized spacial score (nSPS) is 11.0. The SMILES string of the molecule is CC(C)c1cc(NCc2cnnn2C)no1. The Bertz CT molecular complexity index is 459. The van der Waals surface area contributed by atoms with Gasteiger partial charge in [0, 0.05) is 19.0 Å². The third-order valence-electron chi connectivity index (χ3n) is 2.36. The summed E-state index contributed by atoms with van der Waals surface area (Å²) in [6.45, 7) is 4.76. The van der Waals surface area contributed by atoms with E-state index < -0.39 is 0 Å². The van der Waals surface area contributed by atoms with Gasteiger partial charge in [-0.1, -0.05) is 24.2 Å². The molecule has 0 fully saturated rings. The van der Waals surface area contributed by atoms with Crippen molar-refractivity contribution in [2.75, 3.05) is 5.32 Å². The molecule has 0 unspecified atom stereocenters. The number of hydrogen-bond acceptors (Lipinski definition) is 5. The van der Waals surface area contributed by atoms with E-state index in [0.717, 1.165) is 17.3 Å². The Morgan fingerprint density at radius 1 is 1.50 bits per heavy atom. The van der Waals surface area contributed by atoms with Gasteiger partial charge in [0.2, 0.25) is 0 Å². The van der Waals surface area contributed by atoms with Gasteiger partial charge in [0.1, 0.15) is 5.76 Å². The summed E-state index contributed by atoms with van der Waals surface area (Å²) in [6.07, 6.45) is 1.72. The van der Waals surface area contributed by atoms with Gasteiger partial charge < -0.3 is 9.84 Å². The van der Waals surface area contributed by atoms with E-state index in [9.17, 15) is 0 Å². The summed E-state index contributed by atoms with van der Waals surface area (Å²) in [6, 6.07) is 1.91. The molecule has 0 aromatic carbocycles. The fourth-order valence-electron chi connectivity index (χ4n) is 1.30. The number of rotatable bonds is 4. The van der Waals surface area contributed by atoms with Crippen molar-refractivity contribution < 1.29 is 4.52 Å². The smallest absolute Gasteiger partial charge is 0.169 e. The van der Waals surface area contributed by atoms with E-state index in [2.05, 4.69) is 34.6 Å². The highest BCUT2D eigenvalue weighted by atomic mass is 16.5. The van der Waals surface area contributed by atoms with Crippen LogP contribution in [0.2, 0.25) is 0 Å². The zero-order valence-electron chi connectivity index (χ0n) is 9.64. The Labute approximate surface area is 93.6 Å². The second kappa shape index (κ2) is 4.34. The molecule has 0 radical (unpaired) electrons. The Morgan fingerprint density at radius 2 is 2.31 bits per heavy atom. The second-order valence-electron chi connectivity index (χ2n) is 3.97. The van der Waals surface area contributed by atoms with Gasteiger partial charge in [-0.3, -0.25) is 4.68 Å². The van der Waals surface area contributed by atoms with Crippen molar-refractivity contribution >= 4 is 5.82 Å². The Kier molecular flexibility index (Phi) is 2.89. The lowest BCUT2D eigenvalue weighted by molar-refractivity contribution is 0.373. The van der Waals surface area contributed by atoms with Crippen LogP contribution in [0.25, 0.3) is 0 Å². The highest BCUT2D eigenvalue weighted by Crippen LogP contribution is 2.18. The summed E-state index contributed by atoms with van der Waals surface area (Å²) in [5, 5.41) is 14.7. The summed E-state index contributed by atoms with van der Waals surface area (Å²) in [4.78, 5) is 0. The molecule has 2 aromatic heterocycles. The molecule has 0 aliphatic carbocycles. The number of hydrogen-bond donors (Lipinski definition) is 1. The fraction of sp³-hybridized carbons (Fsp3) is 0.500. The quantitative estimate of drug-likeness (QED) is 0.848. The van der Waals surface area contributed by atoms with E-state index in [4.69, 9.17) is 4.52 Å². The summed E-state index contributed by atoms with van der Waals surface area (Å²) in [5.41, 5.74) is 0.995. The average Bonchev–Trinajstić information content (AvgIpc) is 2.83. The van der Waals surface area contributed by atoms with Crippen molar-refractivity contribution in [1.82, 2.24) is 20.2 Å². The lowest BCUT2D eigenvalue weighted by atomic mass is 10.2. The molecule has 0 atom stereocenters. The molecular weight excluding hydrogens is 206 g/mol. The average molecular weight is 221 g/mol. The summed E-state index contributed by atoms with van der Waals surface area (Å²) in [7, 11) is 1.85. The van der Waals surface area contributed by atoms with E-state index in [-0.39, 0.29) is 0 Å². The maximum atomic E-state index is 5.18. The number of anilines is 1. The van der Waals surface area contributed by atoms with Crippen LogP contribution in [0.5, 0.6) is 0 Å². The molecule has 6 heteroatoms. The van der Waals surface area contributed by atoms with Gasteiger partial charge >= 0.3 is 0 Å². The highest BCUT2D eigenvalue weighted by molar-refractivity contribution is 5.34. The maximum absolute atomic E-state index is 5.18. The fourth-order valence-corrected chi connectivity index (χ4v) is 1.30. The molecule has 0 aliphatic rings. The van der Waals surface area contributed by atoms with Gasteiger partial charge in [-0.2, -0.15) is 0 Å². The molecule has 0 spiro atoms. The minimum Gasteiger partial charge on any atom is -0.362 e. The van der Waals surface area contributed by atoms with Crippen molar-refractivity contribution in [1.29, 1.82) is 0 Å². The standard InChI is InChI=1S/C10H15N5O/c1-7(2)9-4-10(13-16-9)11-5-8-6-12-14-15(8)3/h4,6-7H,5H2,1-3H3,(H,11,13). The topological polar surface area (TPSA) is 68.8 Å². The number of nitrogens with zero attached hydrogens (tertiary/aromatic N) is 4. The van der Waals surface area contributed by atoms with E-state index in [0.29, 0.717) is 12.5 Å². The van der Waals surface area contributed by atoms with Crippen LogP contribution < -0.4 is 5.32 Å². The molecule has 2 aromatic rings. The van der Waals surface area contributed by atoms with Crippen molar-refractivity contribution in [3.05, 3.63) is 23.7 Å². The van der Waals surface area contributed by atoms with Crippen molar-refractivity contribution in [3.63, 3.8) is 0 Å². The molecule has 16 heavy (non-hydrogen) atoms. The number of aryl methyl sites for hydroxylation is 1. The first-order valence-corrected chi connectivity index (χ1v) is 5.21. The lowest BCUT2D eigenvalue weighted by Gasteiger charge is -2.00. The minimum absolute atomic E-state index is 0.349. The molecule has 0 aliphatic heterocycles. The molecule has 2 heterocycles. The first kappa shape index (κ1) is 10.7. The molecule has 0 bridgehead atoms. The van der Waals surface area contributed by atoms with E-state index in [1.54, 1.807) is 10.9 Å². The molecule has 1 N–H and O–H groups in total. The van der Waals surface area contributed by atoms with Crippen LogP contribution in [0.4, 0.5) is 5.82 Å². The zero-order chi connectivity index (χ0) is 11.5. The maximum Gasteiger partial charge on any atom is 0.169 e. The first-order chi connectivity index (χ1) is 7.66. The van der Waals surface area contributed by atoms with E-state index in [1.807, 2.05) is 13.1 Å². The van der Waals surface area contributed by atoms with Gasteiger partial charge in [-0.15, -0.1) is 5.10 Å². The van der Waals surface area contributed by atoms with Crippen LogP contribution in [-0.4, -0.2) is 20.2 Å². The predicted octanol–water partition coefficient (Wildman–Crippen LogP) is 1.54. The Balaban J connectivity index is 1.97. The van der Waals surface area contributed by atoms with Crippen LogP contribution >= 0.6 is 0 Å². The van der Waals surface area contributed by atoms with Crippen LogP contribution in [-0.2, 0) is 13.6 Å². The van der Waals surface area contributed by atoms with Gasteiger partial charge in [-0.05, 0) is 0 Å². The van der Waals surface area contributed by atoms with Crippen LogP contribution in [0.1, 0.15) is 31.2 Å². The van der Waals surface area contributed by atoms with Crippen LogP contribution in [0.3, 0.4) is 0 Å².